The molecule has 0 aromatic heterocycles. The van der Waals surface area contributed by atoms with Gasteiger partial charge in [0.1, 0.15) is 6.29 Å². The molecule has 31 heavy (non-hydrogen) atoms. The van der Waals surface area contributed by atoms with E-state index in [9.17, 15) is 4.79 Å². The topological polar surface area (TPSA) is 17.1 Å². The van der Waals surface area contributed by atoms with Crippen LogP contribution in [0, 0.1) is 5.41 Å². The summed E-state index contributed by atoms with van der Waals surface area (Å²) in [6, 6.07) is 0. The Morgan fingerprint density at radius 3 is 1.74 bits per heavy atom. The molecular weight excluding hydrogens is 376 g/mol. The molecule has 0 aromatic rings. The fraction of sp³-hybridized carbons (Fsp3) is 0.367. The monoisotopic (exact) mass is 416 g/mol. The van der Waals surface area contributed by atoms with E-state index < -0.39 is 0 Å². The molecule has 0 heterocycles. The molecule has 1 rings (SSSR count). The lowest BCUT2D eigenvalue weighted by molar-refractivity contribution is -0.104. The van der Waals surface area contributed by atoms with Crippen LogP contribution >= 0.6 is 0 Å². The SMILES string of the molecule is CC1=C(/C=C/C(C)=C\C=C\C(C)=C\C=C\C=C(C)\C=C\C=C(/C)C=O)C(C)(C)CCC1. The summed E-state index contributed by atoms with van der Waals surface area (Å²) >= 11 is 0. The maximum atomic E-state index is 10.6. The van der Waals surface area contributed by atoms with E-state index in [1.807, 2.05) is 43.4 Å². The van der Waals surface area contributed by atoms with Gasteiger partial charge in [0.05, 0.1) is 0 Å². The molecule has 0 spiro atoms. The molecule has 0 saturated heterocycles. The molecule has 0 aromatic carbocycles. The van der Waals surface area contributed by atoms with Gasteiger partial charge in [0.2, 0.25) is 0 Å². The summed E-state index contributed by atoms with van der Waals surface area (Å²) < 4.78 is 0. The number of aldehydes is 1. The van der Waals surface area contributed by atoms with E-state index in [0.717, 1.165) is 17.4 Å². The van der Waals surface area contributed by atoms with Crippen molar-refractivity contribution in [2.75, 3.05) is 0 Å². The molecule has 166 valence electrons. The molecule has 0 amide bonds. The van der Waals surface area contributed by atoms with Crippen molar-refractivity contribution in [1.82, 2.24) is 0 Å². The van der Waals surface area contributed by atoms with Gasteiger partial charge in [-0.2, -0.15) is 0 Å². The van der Waals surface area contributed by atoms with Gasteiger partial charge in [0, 0.05) is 0 Å². The fourth-order valence-electron chi connectivity index (χ4n) is 3.55. The zero-order valence-corrected chi connectivity index (χ0v) is 20.5. The van der Waals surface area contributed by atoms with Crippen LogP contribution in [0.2, 0.25) is 0 Å². The Balaban J connectivity index is 2.65. The number of carbonyl (C=O) groups excluding carboxylic acids is 1. The molecule has 0 aliphatic heterocycles. The van der Waals surface area contributed by atoms with E-state index in [1.165, 1.54) is 41.6 Å². The van der Waals surface area contributed by atoms with Crippen molar-refractivity contribution in [1.29, 1.82) is 0 Å². The Hall–Kier alpha value is -2.67. The highest BCUT2D eigenvalue weighted by Crippen LogP contribution is 2.40. The molecule has 0 N–H and O–H groups in total. The van der Waals surface area contributed by atoms with Crippen LogP contribution in [0.15, 0.2) is 106 Å². The van der Waals surface area contributed by atoms with Crippen LogP contribution in [0.3, 0.4) is 0 Å². The molecule has 0 fully saturated rings. The highest BCUT2D eigenvalue weighted by molar-refractivity contribution is 5.72. The van der Waals surface area contributed by atoms with Gasteiger partial charge in [-0.15, -0.1) is 0 Å². The first kappa shape index (κ1) is 26.4. The smallest absolute Gasteiger partial charge is 0.145 e. The summed E-state index contributed by atoms with van der Waals surface area (Å²) in [6.07, 6.45) is 29.5. The summed E-state index contributed by atoms with van der Waals surface area (Å²) in [5.74, 6) is 0. The maximum Gasteiger partial charge on any atom is 0.145 e. The predicted molar refractivity (Wildman–Crippen MR) is 138 cm³/mol. The summed E-state index contributed by atoms with van der Waals surface area (Å²) in [4.78, 5) is 10.6. The Labute approximate surface area is 190 Å². The van der Waals surface area contributed by atoms with Crippen LogP contribution < -0.4 is 0 Å². The molecule has 0 unspecified atom stereocenters. The summed E-state index contributed by atoms with van der Waals surface area (Å²) in [6.45, 7) is 15.1. The molecule has 0 saturated carbocycles. The Kier molecular flexibility index (Phi) is 11.6. The van der Waals surface area contributed by atoms with Gasteiger partial charge in [-0.1, -0.05) is 109 Å². The van der Waals surface area contributed by atoms with Crippen molar-refractivity contribution in [2.24, 2.45) is 5.41 Å². The van der Waals surface area contributed by atoms with Gasteiger partial charge in [-0.3, -0.25) is 4.79 Å². The lowest BCUT2D eigenvalue weighted by Crippen LogP contribution is -2.19. The summed E-state index contributed by atoms with van der Waals surface area (Å²) in [5, 5.41) is 0. The predicted octanol–water partition coefficient (Wildman–Crippen LogP) is 8.72. The van der Waals surface area contributed by atoms with Crippen molar-refractivity contribution in [2.45, 2.75) is 67.7 Å². The first-order chi connectivity index (χ1) is 14.7. The summed E-state index contributed by atoms with van der Waals surface area (Å²) in [7, 11) is 0. The van der Waals surface area contributed by atoms with Crippen molar-refractivity contribution < 1.29 is 4.79 Å². The van der Waals surface area contributed by atoms with Crippen LogP contribution in [-0.4, -0.2) is 6.29 Å². The third-order valence-corrected chi connectivity index (χ3v) is 5.51. The third kappa shape index (κ3) is 10.8. The van der Waals surface area contributed by atoms with E-state index in [4.69, 9.17) is 0 Å². The quantitative estimate of drug-likeness (QED) is 0.209. The van der Waals surface area contributed by atoms with E-state index in [-0.39, 0.29) is 5.41 Å². The minimum Gasteiger partial charge on any atom is -0.298 e. The van der Waals surface area contributed by atoms with Crippen LogP contribution in [0.1, 0.15) is 67.7 Å². The Morgan fingerprint density at radius 1 is 0.742 bits per heavy atom. The highest BCUT2D eigenvalue weighted by atomic mass is 16.1. The summed E-state index contributed by atoms with van der Waals surface area (Å²) in [5.41, 5.74) is 7.62. The molecule has 0 radical (unpaired) electrons. The molecule has 1 aliphatic carbocycles. The van der Waals surface area contributed by atoms with Gasteiger partial charge < -0.3 is 0 Å². The van der Waals surface area contributed by atoms with E-state index in [1.54, 1.807) is 6.92 Å². The number of hydrogen-bond acceptors (Lipinski definition) is 1. The first-order valence-corrected chi connectivity index (χ1v) is 11.2. The molecule has 0 bridgehead atoms. The second kappa shape index (κ2) is 13.6. The molecular formula is C30H40O. The Morgan fingerprint density at radius 2 is 1.23 bits per heavy atom. The van der Waals surface area contributed by atoms with Gasteiger partial charge in [-0.25, -0.2) is 0 Å². The minimum absolute atomic E-state index is 0.286. The van der Waals surface area contributed by atoms with Crippen molar-refractivity contribution >= 4 is 6.29 Å². The van der Waals surface area contributed by atoms with Crippen LogP contribution in [0.25, 0.3) is 0 Å². The number of carbonyl (C=O) groups is 1. The zero-order chi connectivity index (χ0) is 23.3. The van der Waals surface area contributed by atoms with Gasteiger partial charge in [0.25, 0.3) is 0 Å². The normalized spacial score (nSPS) is 19.6. The van der Waals surface area contributed by atoms with Crippen LogP contribution in [0.5, 0.6) is 0 Å². The molecule has 1 aliphatic rings. The number of rotatable bonds is 9. The second-order valence-corrected chi connectivity index (χ2v) is 9.13. The van der Waals surface area contributed by atoms with Gasteiger partial charge in [0.15, 0.2) is 0 Å². The van der Waals surface area contributed by atoms with Crippen LogP contribution in [-0.2, 0) is 4.79 Å². The number of hydrogen-bond donors (Lipinski definition) is 0. The maximum absolute atomic E-state index is 10.6. The number of allylic oxidation sites excluding steroid dienone is 18. The molecule has 1 nitrogen and oxygen atoms in total. The molecule has 1 heteroatoms. The lowest BCUT2D eigenvalue weighted by atomic mass is 9.72. The van der Waals surface area contributed by atoms with E-state index in [2.05, 4.69) is 71.1 Å². The third-order valence-electron chi connectivity index (χ3n) is 5.51. The standard InChI is InChI=1S/C30H40O/c1-24(13-8-9-14-25(2)16-11-18-27(4)23-31)15-10-17-26(3)20-21-29-28(5)19-12-22-30(29,6)7/h8-11,13-18,20-21,23H,12,19,22H2,1-7H3/b9-8+,15-10+,16-11+,21-20+,24-13+,25-14+,26-17-,27-18+. The largest absolute Gasteiger partial charge is 0.298 e. The fourth-order valence-corrected chi connectivity index (χ4v) is 3.55. The van der Waals surface area contributed by atoms with Crippen molar-refractivity contribution in [3.05, 3.63) is 106 Å². The average Bonchev–Trinajstić information content (AvgIpc) is 2.70. The molecule has 0 atom stereocenters. The van der Waals surface area contributed by atoms with Crippen molar-refractivity contribution in [3.8, 4) is 0 Å². The average molecular weight is 417 g/mol. The second-order valence-electron chi connectivity index (χ2n) is 9.13. The minimum atomic E-state index is 0.286. The van der Waals surface area contributed by atoms with E-state index in [0.29, 0.717) is 0 Å². The lowest BCUT2D eigenvalue weighted by Gasteiger charge is -2.32. The van der Waals surface area contributed by atoms with Gasteiger partial charge >= 0.3 is 0 Å². The van der Waals surface area contributed by atoms with Crippen LogP contribution in [0.4, 0.5) is 0 Å². The first-order valence-electron chi connectivity index (χ1n) is 11.2. The Bertz CT molecular complexity index is 887. The van der Waals surface area contributed by atoms with Crippen molar-refractivity contribution in [3.63, 3.8) is 0 Å². The van der Waals surface area contributed by atoms with E-state index >= 15 is 0 Å². The van der Waals surface area contributed by atoms with Gasteiger partial charge in [-0.05, 0) is 70.4 Å². The highest BCUT2D eigenvalue weighted by Gasteiger charge is 2.26. The zero-order valence-electron chi connectivity index (χ0n) is 20.5.